The number of hydrogen-bond donors (Lipinski definition) is 0. The zero-order valence-corrected chi connectivity index (χ0v) is 21.9. The lowest BCUT2D eigenvalue weighted by Gasteiger charge is -2.43. The molecule has 0 amide bonds. The smallest absolute Gasteiger partial charge is 0.310 e. The molecule has 2 aromatic carbocycles. The monoisotopic (exact) mass is 569 g/mol. The van der Waals surface area contributed by atoms with E-state index in [1.54, 1.807) is 41.0 Å². The average molecular weight is 570 g/mol. The summed E-state index contributed by atoms with van der Waals surface area (Å²) in [6.45, 7) is 3.55. The molecule has 1 aliphatic carbocycles. The number of morpholine rings is 1. The van der Waals surface area contributed by atoms with Gasteiger partial charge in [0.15, 0.2) is 5.76 Å². The fourth-order valence-corrected chi connectivity index (χ4v) is 5.43. The van der Waals surface area contributed by atoms with E-state index in [1.165, 1.54) is 20.1 Å². The number of aromatic nitrogens is 3. The first-order chi connectivity index (χ1) is 18.1. The Morgan fingerprint density at radius 2 is 1.85 bits per heavy atom. The van der Waals surface area contributed by atoms with Gasteiger partial charge < -0.3 is 19.2 Å². The normalized spacial score (nSPS) is 24.4. The summed E-state index contributed by atoms with van der Waals surface area (Å²) in [5, 5.41) is 8.44. The van der Waals surface area contributed by atoms with Gasteiger partial charge in [0.05, 0.1) is 13.7 Å². The van der Waals surface area contributed by atoms with Gasteiger partial charge >= 0.3 is 10.2 Å². The van der Waals surface area contributed by atoms with Crippen LogP contribution in [0.5, 0.6) is 5.75 Å². The molecule has 0 bridgehead atoms. The second-order valence-corrected chi connectivity index (χ2v) is 12.4. The third kappa shape index (κ3) is 4.45. The molecule has 1 spiro atoms. The number of benzene rings is 2. The SMILES string of the molecule is COc1cc(C=C2OC3(CC3)CN3C2=NOC3(C)c2cccc(S(F)(F)(F)(F)F)c2)ccc1-n1cnc(C)n1. The average Bonchev–Trinajstić information content (AvgIpc) is 3.30. The van der Waals surface area contributed by atoms with Crippen molar-refractivity contribution in [1.29, 1.82) is 0 Å². The van der Waals surface area contributed by atoms with Crippen LogP contribution in [0, 0.1) is 6.92 Å². The highest BCUT2D eigenvalue weighted by Gasteiger charge is 2.66. The van der Waals surface area contributed by atoms with Gasteiger partial charge in [-0.3, -0.25) is 0 Å². The predicted molar refractivity (Wildman–Crippen MR) is 134 cm³/mol. The van der Waals surface area contributed by atoms with E-state index in [0.717, 1.165) is 6.07 Å². The van der Waals surface area contributed by atoms with Gasteiger partial charge in [0.25, 0.3) is 0 Å². The van der Waals surface area contributed by atoms with Crippen LogP contribution in [0.1, 0.15) is 36.7 Å². The molecule has 1 atom stereocenters. The first-order valence-corrected chi connectivity index (χ1v) is 13.9. The zero-order valence-electron chi connectivity index (χ0n) is 21.1. The molecule has 3 heterocycles. The van der Waals surface area contributed by atoms with Crippen LogP contribution in [0.2, 0.25) is 0 Å². The largest absolute Gasteiger partial charge is 0.494 e. The van der Waals surface area contributed by atoms with Gasteiger partial charge in [-0.25, -0.2) is 9.67 Å². The second-order valence-electron chi connectivity index (χ2n) is 10.0. The van der Waals surface area contributed by atoms with Crippen molar-refractivity contribution in [3.8, 4) is 11.4 Å². The Bertz CT molecular complexity index is 1570. The lowest BCUT2D eigenvalue weighted by Crippen LogP contribution is -2.53. The van der Waals surface area contributed by atoms with E-state index in [0.29, 0.717) is 53.6 Å². The summed E-state index contributed by atoms with van der Waals surface area (Å²) in [4.78, 5) is 9.50. The van der Waals surface area contributed by atoms with E-state index in [-0.39, 0.29) is 17.9 Å². The van der Waals surface area contributed by atoms with Gasteiger partial charge in [0.2, 0.25) is 11.6 Å². The molecule has 0 N–H and O–H groups in total. The summed E-state index contributed by atoms with van der Waals surface area (Å²) in [6.07, 6.45) is 4.72. The van der Waals surface area contributed by atoms with Crippen molar-refractivity contribution in [2.24, 2.45) is 5.16 Å². The van der Waals surface area contributed by atoms with Crippen molar-refractivity contribution in [3.05, 3.63) is 71.5 Å². The molecular formula is C25H24F5N5O3S. The van der Waals surface area contributed by atoms with Gasteiger partial charge in [-0.1, -0.05) is 42.8 Å². The minimum atomic E-state index is -9.90. The van der Waals surface area contributed by atoms with E-state index in [2.05, 4.69) is 15.2 Å². The Morgan fingerprint density at radius 1 is 1.08 bits per heavy atom. The van der Waals surface area contributed by atoms with Crippen molar-refractivity contribution in [3.63, 3.8) is 0 Å². The Hall–Kier alpha value is -3.81. The predicted octanol–water partition coefficient (Wildman–Crippen LogP) is 6.66. The minimum Gasteiger partial charge on any atom is -0.494 e. The van der Waals surface area contributed by atoms with Crippen LogP contribution in [0.15, 0.2) is 64.6 Å². The van der Waals surface area contributed by atoms with Crippen LogP contribution in [0.25, 0.3) is 11.8 Å². The highest BCUT2D eigenvalue weighted by atomic mass is 32.5. The number of nitrogens with zero attached hydrogens (tertiary/aromatic N) is 5. The lowest BCUT2D eigenvalue weighted by molar-refractivity contribution is -0.109. The van der Waals surface area contributed by atoms with E-state index in [1.807, 2.05) is 6.07 Å². The maximum Gasteiger partial charge on any atom is 0.310 e. The second kappa shape index (κ2) is 7.43. The molecular weight excluding hydrogens is 545 g/mol. The van der Waals surface area contributed by atoms with E-state index >= 15 is 0 Å². The van der Waals surface area contributed by atoms with Crippen molar-refractivity contribution >= 4 is 22.1 Å². The van der Waals surface area contributed by atoms with Gasteiger partial charge in [-0.15, -0.1) is 0 Å². The molecule has 1 unspecified atom stereocenters. The summed E-state index contributed by atoms with van der Waals surface area (Å²) < 4.78 is 81.3. The van der Waals surface area contributed by atoms with Crippen LogP contribution >= 0.6 is 10.2 Å². The molecule has 1 aromatic heterocycles. The Balaban J connectivity index is 1.37. The quantitative estimate of drug-likeness (QED) is 0.320. The van der Waals surface area contributed by atoms with Crippen LogP contribution in [-0.4, -0.2) is 44.8 Å². The Labute approximate surface area is 220 Å². The fourth-order valence-electron chi connectivity index (χ4n) is 4.75. The molecule has 8 nitrogen and oxygen atoms in total. The minimum absolute atomic E-state index is 0.0989. The first kappa shape index (κ1) is 25.5. The Kier molecular flexibility index (Phi) is 4.85. The number of oxime groups is 1. The number of fused-ring (bicyclic) bond motifs is 1. The number of amidine groups is 1. The van der Waals surface area contributed by atoms with Crippen molar-refractivity contribution in [2.75, 3.05) is 13.7 Å². The Morgan fingerprint density at radius 3 is 2.49 bits per heavy atom. The highest BCUT2D eigenvalue weighted by molar-refractivity contribution is 8.45. The summed E-state index contributed by atoms with van der Waals surface area (Å²) in [5.41, 5.74) is -0.875. The molecule has 14 heteroatoms. The number of halogens is 5. The molecule has 0 radical (unpaired) electrons. The van der Waals surface area contributed by atoms with Gasteiger partial charge in [0, 0.05) is 12.5 Å². The molecule has 6 rings (SSSR count). The zero-order chi connectivity index (χ0) is 27.9. The molecule has 2 aliphatic heterocycles. The summed E-state index contributed by atoms with van der Waals surface area (Å²) in [6, 6.07) is 8.47. The number of ether oxygens (including phenoxy) is 2. The fraction of sp³-hybridized carbons (Fsp3) is 0.320. The number of aryl methyl sites for hydroxylation is 1. The van der Waals surface area contributed by atoms with Crippen molar-refractivity contribution < 1.29 is 33.7 Å². The van der Waals surface area contributed by atoms with Crippen molar-refractivity contribution in [2.45, 2.75) is 42.9 Å². The van der Waals surface area contributed by atoms with E-state index in [9.17, 15) is 19.4 Å². The molecule has 3 aromatic rings. The number of rotatable bonds is 5. The van der Waals surface area contributed by atoms with Crippen LogP contribution in [0.3, 0.4) is 0 Å². The molecule has 208 valence electrons. The topological polar surface area (TPSA) is 74.0 Å². The van der Waals surface area contributed by atoms with E-state index < -0.39 is 26.4 Å². The summed E-state index contributed by atoms with van der Waals surface area (Å²) >= 11 is 0. The van der Waals surface area contributed by atoms with Crippen molar-refractivity contribution in [1.82, 2.24) is 19.7 Å². The highest BCUT2D eigenvalue weighted by Crippen LogP contribution is 3.02. The first-order valence-electron chi connectivity index (χ1n) is 12.0. The van der Waals surface area contributed by atoms with Gasteiger partial charge in [-0.05, 0) is 55.7 Å². The molecule has 1 saturated carbocycles. The molecule has 1 saturated heterocycles. The third-order valence-corrected chi connectivity index (χ3v) is 8.20. The maximum atomic E-state index is 13.6. The van der Waals surface area contributed by atoms with Crippen LogP contribution in [-0.2, 0) is 15.3 Å². The van der Waals surface area contributed by atoms with E-state index in [4.69, 9.17) is 14.3 Å². The van der Waals surface area contributed by atoms with Gasteiger partial charge in [-0.2, -0.15) is 5.10 Å². The summed E-state index contributed by atoms with van der Waals surface area (Å²) in [5.74, 6) is 1.72. The van der Waals surface area contributed by atoms with Crippen LogP contribution in [0.4, 0.5) is 19.4 Å². The maximum absolute atomic E-state index is 13.6. The number of hydrogen-bond acceptors (Lipinski definition) is 7. The van der Waals surface area contributed by atoms with Gasteiger partial charge in [0.1, 0.15) is 34.1 Å². The third-order valence-electron chi connectivity index (χ3n) is 7.05. The van der Waals surface area contributed by atoms with Crippen LogP contribution < -0.4 is 4.74 Å². The molecule has 3 aliphatic rings. The molecule has 2 fully saturated rings. The standard InChI is InChI=1S/C25H24F5N5O3S/c1-16-31-15-35(32-16)20-8-7-17(11-21(20)36-3)12-22-23-33-38-24(2,34(23)14-25(37-22)9-10-25)18-5-4-6-19(13-18)39(26,27,28,29)30/h4-8,11-13,15H,9-10,14H2,1-3H3. The number of methoxy groups -OCH3 is 1. The summed E-state index contributed by atoms with van der Waals surface area (Å²) in [7, 11) is -8.38. The molecule has 39 heavy (non-hydrogen) atoms. The lowest BCUT2D eigenvalue weighted by atomic mass is 10.0.